The van der Waals surface area contributed by atoms with Crippen LogP contribution in [0.15, 0.2) is 18.3 Å². The van der Waals surface area contributed by atoms with Crippen molar-refractivity contribution in [1.29, 1.82) is 0 Å². The summed E-state index contributed by atoms with van der Waals surface area (Å²) in [6, 6.07) is 5.23. The van der Waals surface area contributed by atoms with Crippen LogP contribution in [0.4, 0.5) is 5.82 Å². The zero-order chi connectivity index (χ0) is 15.5. The fraction of sp³-hybridized carbons (Fsp3) is 0.647. The van der Waals surface area contributed by atoms with E-state index in [9.17, 15) is 4.79 Å². The van der Waals surface area contributed by atoms with Crippen LogP contribution in [0.3, 0.4) is 0 Å². The molecule has 1 aromatic rings. The number of anilines is 1. The number of pyridine rings is 1. The molecule has 2 fully saturated rings. The number of amides is 1. The second kappa shape index (κ2) is 6.65. The first kappa shape index (κ1) is 15.3. The number of piperidine rings is 1. The third-order valence-electron chi connectivity index (χ3n) is 4.81. The number of hydrogen-bond donors (Lipinski definition) is 2. The third kappa shape index (κ3) is 3.58. The Morgan fingerprint density at radius 1 is 1.36 bits per heavy atom. The number of hydrogen-bond acceptors (Lipinski definition) is 4. The van der Waals surface area contributed by atoms with Crippen LogP contribution in [0.1, 0.15) is 37.7 Å². The summed E-state index contributed by atoms with van der Waals surface area (Å²) in [7, 11) is 3.94. The summed E-state index contributed by atoms with van der Waals surface area (Å²) >= 11 is 0. The van der Waals surface area contributed by atoms with E-state index in [4.69, 9.17) is 0 Å². The van der Waals surface area contributed by atoms with E-state index >= 15 is 0 Å². The molecule has 2 aliphatic rings. The molecular weight excluding hydrogens is 276 g/mol. The van der Waals surface area contributed by atoms with Gasteiger partial charge in [0.25, 0.3) is 0 Å². The molecule has 22 heavy (non-hydrogen) atoms. The number of carbonyl (C=O) groups is 1. The highest BCUT2D eigenvalue weighted by Crippen LogP contribution is 2.32. The van der Waals surface area contributed by atoms with E-state index in [1.165, 1.54) is 12.8 Å². The van der Waals surface area contributed by atoms with Crippen LogP contribution in [0.5, 0.6) is 0 Å². The Labute approximate surface area is 132 Å². The van der Waals surface area contributed by atoms with Gasteiger partial charge in [-0.2, -0.15) is 0 Å². The number of carbonyl (C=O) groups excluding carboxylic acids is 1. The predicted molar refractivity (Wildman–Crippen MR) is 87.7 cm³/mol. The van der Waals surface area contributed by atoms with Crippen LogP contribution in [-0.2, 0) is 11.3 Å². The number of rotatable bonds is 5. The molecule has 0 spiro atoms. The molecule has 5 nitrogen and oxygen atoms in total. The van der Waals surface area contributed by atoms with Crippen LogP contribution in [-0.4, -0.2) is 37.1 Å². The number of fused-ring (bicyclic) bond motifs is 2. The smallest absolute Gasteiger partial charge is 0.220 e. The van der Waals surface area contributed by atoms with Gasteiger partial charge in [0, 0.05) is 50.9 Å². The van der Waals surface area contributed by atoms with Crippen molar-refractivity contribution in [1.82, 2.24) is 15.6 Å². The molecule has 0 radical (unpaired) electrons. The van der Waals surface area contributed by atoms with Crippen molar-refractivity contribution < 1.29 is 4.79 Å². The number of aromatic nitrogens is 1. The average molecular weight is 302 g/mol. The van der Waals surface area contributed by atoms with Gasteiger partial charge < -0.3 is 15.5 Å². The van der Waals surface area contributed by atoms with Gasteiger partial charge in [-0.3, -0.25) is 4.79 Å². The lowest BCUT2D eigenvalue weighted by atomic mass is 9.89. The van der Waals surface area contributed by atoms with E-state index < -0.39 is 0 Å². The molecule has 2 N–H and O–H groups in total. The maximum Gasteiger partial charge on any atom is 0.220 e. The molecule has 0 saturated carbocycles. The van der Waals surface area contributed by atoms with Crippen LogP contribution >= 0.6 is 0 Å². The van der Waals surface area contributed by atoms with Crippen LogP contribution in [0.25, 0.3) is 0 Å². The Kier molecular flexibility index (Phi) is 4.62. The molecule has 2 atom stereocenters. The second-order valence-corrected chi connectivity index (χ2v) is 6.84. The normalized spacial score (nSPS) is 26.7. The second-order valence-electron chi connectivity index (χ2n) is 6.84. The molecule has 5 heteroatoms. The highest BCUT2D eigenvalue weighted by Gasteiger charge is 2.34. The molecule has 2 saturated heterocycles. The van der Waals surface area contributed by atoms with Gasteiger partial charge in [-0.25, -0.2) is 4.98 Å². The van der Waals surface area contributed by atoms with Crippen molar-refractivity contribution in [3.05, 3.63) is 23.9 Å². The quantitative estimate of drug-likeness (QED) is 0.869. The van der Waals surface area contributed by atoms with Crippen molar-refractivity contribution in [2.45, 2.75) is 50.7 Å². The molecule has 0 aromatic carbocycles. The summed E-state index contributed by atoms with van der Waals surface area (Å²) in [5.74, 6) is 1.63. The van der Waals surface area contributed by atoms with Crippen molar-refractivity contribution in [3.63, 3.8) is 0 Å². The minimum Gasteiger partial charge on any atom is -0.362 e. The topological polar surface area (TPSA) is 57.3 Å². The van der Waals surface area contributed by atoms with Gasteiger partial charge in [0.1, 0.15) is 5.82 Å². The molecule has 1 aromatic heterocycles. The summed E-state index contributed by atoms with van der Waals surface area (Å²) in [6.45, 7) is 0.554. The van der Waals surface area contributed by atoms with E-state index in [2.05, 4.69) is 15.6 Å². The van der Waals surface area contributed by atoms with Gasteiger partial charge in [0.15, 0.2) is 0 Å². The summed E-state index contributed by atoms with van der Waals surface area (Å²) < 4.78 is 0. The zero-order valence-corrected chi connectivity index (χ0v) is 13.5. The molecule has 120 valence electrons. The Bertz CT molecular complexity index is 519. The Morgan fingerprint density at radius 2 is 2.09 bits per heavy atom. The van der Waals surface area contributed by atoms with E-state index in [1.807, 2.05) is 31.1 Å². The molecule has 3 heterocycles. The van der Waals surface area contributed by atoms with Gasteiger partial charge in [0.05, 0.1) is 0 Å². The minimum absolute atomic E-state index is 0.167. The predicted octanol–water partition coefficient (Wildman–Crippen LogP) is 1.68. The van der Waals surface area contributed by atoms with Gasteiger partial charge in [0.2, 0.25) is 5.91 Å². The van der Waals surface area contributed by atoms with Crippen molar-refractivity contribution >= 4 is 11.7 Å². The third-order valence-corrected chi connectivity index (χ3v) is 4.81. The van der Waals surface area contributed by atoms with E-state index in [0.29, 0.717) is 31.0 Å². The zero-order valence-electron chi connectivity index (χ0n) is 13.5. The van der Waals surface area contributed by atoms with Gasteiger partial charge >= 0.3 is 0 Å². The maximum atomic E-state index is 12.2. The summed E-state index contributed by atoms with van der Waals surface area (Å²) in [6.07, 6.45) is 7.31. The fourth-order valence-corrected chi connectivity index (χ4v) is 3.84. The van der Waals surface area contributed by atoms with E-state index in [-0.39, 0.29) is 5.91 Å². The lowest BCUT2D eigenvalue weighted by Gasteiger charge is -2.28. The number of nitrogens with one attached hydrogen (secondary N) is 2. The Hall–Kier alpha value is -1.62. The first-order valence-electron chi connectivity index (χ1n) is 8.26. The highest BCUT2D eigenvalue weighted by molar-refractivity contribution is 5.76. The van der Waals surface area contributed by atoms with Gasteiger partial charge in [-0.1, -0.05) is 6.07 Å². The lowest BCUT2D eigenvalue weighted by Crippen LogP contribution is -2.39. The minimum atomic E-state index is 0.167. The van der Waals surface area contributed by atoms with Crippen LogP contribution in [0, 0.1) is 5.92 Å². The monoisotopic (exact) mass is 302 g/mol. The summed E-state index contributed by atoms with van der Waals surface area (Å²) in [4.78, 5) is 18.6. The molecule has 2 unspecified atom stereocenters. The maximum absolute atomic E-state index is 12.2. The van der Waals surface area contributed by atoms with Crippen molar-refractivity contribution in [3.8, 4) is 0 Å². The first-order valence-corrected chi connectivity index (χ1v) is 8.26. The average Bonchev–Trinajstić information content (AvgIpc) is 2.84. The SMILES string of the molecule is CN(C)c1ncccc1CNC(=O)CC1CC2CCC(C1)N2. The lowest BCUT2D eigenvalue weighted by molar-refractivity contribution is -0.122. The highest BCUT2D eigenvalue weighted by atomic mass is 16.1. The summed E-state index contributed by atoms with van der Waals surface area (Å²) in [5.41, 5.74) is 1.06. The van der Waals surface area contributed by atoms with Crippen molar-refractivity contribution in [2.75, 3.05) is 19.0 Å². The van der Waals surface area contributed by atoms with Gasteiger partial charge in [-0.15, -0.1) is 0 Å². The molecule has 0 aliphatic carbocycles. The number of nitrogens with zero attached hydrogens (tertiary/aromatic N) is 2. The standard InChI is InChI=1S/C17H26N4O/c1-21(2)17-13(4-3-7-18-17)11-19-16(22)10-12-8-14-5-6-15(9-12)20-14/h3-4,7,12,14-15,20H,5-6,8-11H2,1-2H3,(H,19,22). The Morgan fingerprint density at radius 3 is 2.77 bits per heavy atom. The van der Waals surface area contributed by atoms with E-state index in [1.54, 1.807) is 6.20 Å². The first-order chi connectivity index (χ1) is 10.6. The van der Waals surface area contributed by atoms with E-state index in [0.717, 1.165) is 24.2 Å². The van der Waals surface area contributed by atoms with Gasteiger partial charge in [-0.05, 0) is 37.7 Å². The fourth-order valence-electron chi connectivity index (χ4n) is 3.84. The molecule has 2 aliphatic heterocycles. The molecule has 2 bridgehead atoms. The molecule has 1 amide bonds. The van der Waals surface area contributed by atoms with Crippen LogP contribution in [0.2, 0.25) is 0 Å². The Balaban J connectivity index is 1.50. The largest absolute Gasteiger partial charge is 0.362 e. The van der Waals surface area contributed by atoms with Crippen molar-refractivity contribution in [2.24, 2.45) is 5.92 Å². The summed E-state index contributed by atoms with van der Waals surface area (Å²) in [5, 5.41) is 6.69. The van der Waals surface area contributed by atoms with Crippen LogP contribution < -0.4 is 15.5 Å². The molecular formula is C17H26N4O. The molecule has 3 rings (SSSR count).